The molecule has 0 radical (unpaired) electrons. The number of carbonyl (C=O) groups is 1. The average Bonchev–Trinajstić information content (AvgIpc) is 3.03. The van der Waals surface area contributed by atoms with Gasteiger partial charge in [0.05, 0.1) is 0 Å². The van der Waals surface area contributed by atoms with Crippen molar-refractivity contribution in [1.82, 2.24) is 19.9 Å². The van der Waals surface area contributed by atoms with Crippen molar-refractivity contribution >= 4 is 11.7 Å². The number of aromatic nitrogens is 3. The summed E-state index contributed by atoms with van der Waals surface area (Å²) in [5, 5.41) is 3.28. The highest BCUT2D eigenvalue weighted by atomic mass is 16.2. The Bertz CT molecular complexity index is 714. The van der Waals surface area contributed by atoms with Crippen LogP contribution in [0.2, 0.25) is 0 Å². The molecule has 0 fully saturated rings. The first-order valence-corrected chi connectivity index (χ1v) is 7.84. The summed E-state index contributed by atoms with van der Waals surface area (Å²) < 4.78 is 0. The highest BCUT2D eigenvalue weighted by molar-refractivity contribution is 5.84. The molecule has 0 aliphatic heterocycles. The maximum absolute atomic E-state index is 12.1. The smallest absolute Gasteiger partial charge is 0.244 e. The lowest BCUT2D eigenvalue weighted by atomic mass is 10.2. The predicted octanol–water partition coefficient (Wildman–Crippen LogP) is 1.92. The fourth-order valence-electron chi connectivity index (χ4n) is 2.84. The fraction of sp³-hybridized carbons (Fsp3) is 0.412. The zero-order chi connectivity index (χ0) is 16.4. The van der Waals surface area contributed by atoms with Crippen LogP contribution in [0.4, 0.5) is 5.82 Å². The Kier molecular flexibility index (Phi) is 4.23. The van der Waals surface area contributed by atoms with Gasteiger partial charge in [0.2, 0.25) is 5.91 Å². The minimum Gasteiger partial charge on any atom is -0.358 e. The van der Waals surface area contributed by atoms with Gasteiger partial charge < -0.3 is 10.2 Å². The number of likely N-dealkylation sites (N-methyl/N-ethyl adjacent to an activating group) is 1. The second-order valence-electron chi connectivity index (χ2n) is 6.01. The molecule has 1 atom stereocenters. The molecule has 0 saturated heterocycles. The van der Waals surface area contributed by atoms with Crippen molar-refractivity contribution in [2.24, 2.45) is 0 Å². The number of nitrogens with zero attached hydrogens (tertiary/aromatic N) is 4. The third-order valence-electron chi connectivity index (χ3n) is 4.04. The Labute approximate surface area is 136 Å². The molecule has 0 bridgehead atoms. The highest BCUT2D eigenvalue weighted by Crippen LogP contribution is 2.29. The summed E-state index contributed by atoms with van der Waals surface area (Å²) in [6.45, 7) is 1.86. The van der Waals surface area contributed by atoms with E-state index in [4.69, 9.17) is 4.98 Å². The zero-order valence-corrected chi connectivity index (χ0v) is 13.7. The molecule has 23 heavy (non-hydrogen) atoms. The van der Waals surface area contributed by atoms with E-state index in [1.54, 1.807) is 31.4 Å². The van der Waals surface area contributed by atoms with Gasteiger partial charge in [0.1, 0.15) is 11.9 Å². The van der Waals surface area contributed by atoms with Crippen LogP contribution in [0.15, 0.2) is 24.5 Å². The van der Waals surface area contributed by atoms with Gasteiger partial charge in [-0.3, -0.25) is 9.78 Å². The number of anilines is 1. The van der Waals surface area contributed by atoms with Crippen LogP contribution in [0, 0.1) is 0 Å². The van der Waals surface area contributed by atoms with Crippen molar-refractivity contribution in [3.05, 3.63) is 35.8 Å². The second kappa shape index (κ2) is 6.32. The van der Waals surface area contributed by atoms with Gasteiger partial charge in [-0.05, 0) is 38.3 Å². The van der Waals surface area contributed by atoms with E-state index in [9.17, 15) is 4.79 Å². The van der Waals surface area contributed by atoms with Crippen molar-refractivity contribution < 1.29 is 4.79 Å². The van der Waals surface area contributed by atoms with E-state index in [2.05, 4.69) is 15.3 Å². The minimum absolute atomic E-state index is 0.0285. The lowest BCUT2D eigenvalue weighted by Gasteiger charge is -2.20. The normalized spacial score (nSPS) is 14.2. The molecular weight excluding hydrogens is 290 g/mol. The van der Waals surface area contributed by atoms with Gasteiger partial charge in [0.15, 0.2) is 5.82 Å². The SMILES string of the molecule is C[C@H](Nc1nc(-c2ccncc2)nc2c1CCC2)C(=O)N(C)C. The van der Waals surface area contributed by atoms with Crippen molar-refractivity contribution in [3.8, 4) is 11.4 Å². The topological polar surface area (TPSA) is 71.0 Å². The van der Waals surface area contributed by atoms with Crippen LogP contribution in [0.1, 0.15) is 24.6 Å². The van der Waals surface area contributed by atoms with Gasteiger partial charge in [0.25, 0.3) is 0 Å². The van der Waals surface area contributed by atoms with Crippen molar-refractivity contribution in [2.45, 2.75) is 32.2 Å². The quantitative estimate of drug-likeness (QED) is 0.934. The monoisotopic (exact) mass is 311 g/mol. The largest absolute Gasteiger partial charge is 0.358 e. The number of carbonyl (C=O) groups excluding carboxylic acids is 1. The maximum Gasteiger partial charge on any atom is 0.244 e. The third-order valence-corrected chi connectivity index (χ3v) is 4.04. The molecule has 0 aromatic carbocycles. The first kappa shape index (κ1) is 15.4. The first-order chi connectivity index (χ1) is 11.1. The molecule has 2 aromatic heterocycles. The van der Waals surface area contributed by atoms with E-state index in [1.165, 1.54) is 0 Å². The van der Waals surface area contributed by atoms with Crippen LogP contribution in [0.3, 0.4) is 0 Å². The van der Waals surface area contributed by atoms with E-state index in [-0.39, 0.29) is 11.9 Å². The van der Waals surface area contributed by atoms with Gasteiger partial charge in [-0.1, -0.05) is 0 Å². The van der Waals surface area contributed by atoms with Crippen LogP contribution in [-0.2, 0) is 17.6 Å². The minimum atomic E-state index is -0.324. The summed E-state index contributed by atoms with van der Waals surface area (Å²) in [6.07, 6.45) is 6.46. The molecule has 0 saturated carbocycles. The van der Waals surface area contributed by atoms with Crippen molar-refractivity contribution in [1.29, 1.82) is 0 Å². The summed E-state index contributed by atoms with van der Waals surface area (Å²) >= 11 is 0. The summed E-state index contributed by atoms with van der Waals surface area (Å²) in [5.74, 6) is 1.49. The van der Waals surface area contributed by atoms with Gasteiger partial charge in [0, 0.05) is 43.3 Å². The fourth-order valence-corrected chi connectivity index (χ4v) is 2.84. The summed E-state index contributed by atoms with van der Waals surface area (Å²) in [6, 6.07) is 3.47. The number of hydrogen-bond acceptors (Lipinski definition) is 5. The number of amides is 1. The standard InChI is InChI=1S/C17H21N5O/c1-11(17(23)22(2)3)19-16-13-5-4-6-14(13)20-15(21-16)12-7-9-18-10-8-12/h7-11H,4-6H2,1-3H3,(H,19,20,21)/t11-/m0/s1. The van der Waals surface area contributed by atoms with Crippen LogP contribution >= 0.6 is 0 Å². The number of aryl methyl sites for hydroxylation is 1. The first-order valence-electron chi connectivity index (χ1n) is 7.84. The number of nitrogens with one attached hydrogen (secondary N) is 1. The summed E-state index contributed by atoms with van der Waals surface area (Å²) in [7, 11) is 3.51. The van der Waals surface area contributed by atoms with Gasteiger partial charge in [-0.2, -0.15) is 0 Å². The van der Waals surface area contributed by atoms with Gasteiger partial charge >= 0.3 is 0 Å². The number of hydrogen-bond donors (Lipinski definition) is 1. The maximum atomic E-state index is 12.1. The number of rotatable bonds is 4. The molecule has 2 aromatic rings. The molecule has 1 N–H and O–H groups in total. The Morgan fingerprint density at radius 3 is 2.65 bits per heavy atom. The van der Waals surface area contributed by atoms with E-state index >= 15 is 0 Å². The van der Waals surface area contributed by atoms with E-state index in [1.807, 2.05) is 19.1 Å². The van der Waals surface area contributed by atoms with Gasteiger partial charge in [-0.15, -0.1) is 0 Å². The molecule has 0 spiro atoms. The van der Waals surface area contributed by atoms with E-state index in [0.717, 1.165) is 41.9 Å². The van der Waals surface area contributed by atoms with Crippen molar-refractivity contribution in [3.63, 3.8) is 0 Å². The average molecular weight is 311 g/mol. The number of pyridine rings is 1. The molecule has 1 amide bonds. The Morgan fingerprint density at radius 2 is 1.96 bits per heavy atom. The van der Waals surface area contributed by atoms with E-state index < -0.39 is 0 Å². The number of fused-ring (bicyclic) bond motifs is 1. The lowest BCUT2D eigenvalue weighted by Crippen LogP contribution is -2.37. The van der Waals surface area contributed by atoms with Crippen LogP contribution in [0.5, 0.6) is 0 Å². The summed E-state index contributed by atoms with van der Waals surface area (Å²) in [5.41, 5.74) is 3.16. The molecule has 1 aliphatic rings. The van der Waals surface area contributed by atoms with Crippen molar-refractivity contribution in [2.75, 3.05) is 19.4 Å². The molecule has 6 nitrogen and oxygen atoms in total. The van der Waals surface area contributed by atoms with Crippen LogP contribution in [0.25, 0.3) is 11.4 Å². The lowest BCUT2D eigenvalue weighted by molar-refractivity contribution is -0.129. The second-order valence-corrected chi connectivity index (χ2v) is 6.01. The summed E-state index contributed by atoms with van der Waals surface area (Å²) in [4.78, 5) is 27.1. The Hall–Kier alpha value is -2.50. The predicted molar refractivity (Wildman–Crippen MR) is 89.1 cm³/mol. The molecular formula is C17H21N5O. The van der Waals surface area contributed by atoms with Gasteiger partial charge in [-0.25, -0.2) is 9.97 Å². The molecule has 2 heterocycles. The Balaban J connectivity index is 1.96. The molecule has 6 heteroatoms. The molecule has 1 aliphatic carbocycles. The molecule has 3 rings (SSSR count). The molecule has 120 valence electrons. The molecule has 0 unspecified atom stereocenters. The Morgan fingerprint density at radius 1 is 1.22 bits per heavy atom. The van der Waals surface area contributed by atoms with Crippen LogP contribution < -0.4 is 5.32 Å². The zero-order valence-electron chi connectivity index (χ0n) is 13.7. The van der Waals surface area contributed by atoms with E-state index in [0.29, 0.717) is 5.82 Å². The highest BCUT2D eigenvalue weighted by Gasteiger charge is 2.23. The third kappa shape index (κ3) is 3.16. The van der Waals surface area contributed by atoms with Crippen LogP contribution in [-0.4, -0.2) is 45.9 Å².